The van der Waals surface area contributed by atoms with E-state index in [0.717, 1.165) is 23.6 Å². The molecule has 22 heavy (non-hydrogen) atoms. The van der Waals surface area contributed by atoms with Crippen molar-refractivity contribution in [1.82, 2.24) is 15.0 Å². The van der Waals surface area contributed by atoms with E-state index >= 15 is 0 Å². The summed E-state index contributed by atoms with van der Waals surface area (Å²) in [6.07, 6.45) is 8.65. The minimum absolute atomic E-state index is 0.382. The van der Waals surface area contributed by atoms with E-state index in [9.17, 15) is 4.79 Å². The standard InChI is InChI=1S/C15H16BrN5O/c16-11-5-6-13(17-8-11)20-15-18-7-10(9-22)14(21-15)19-12-3-1-2-4-12/h5-9,12H,1-4H2,(H2,17,18,19,20,21). The molecule has 6 nitrogen and oxygen atoms in total. The summed E-state index contributed by atoms with van der Waals surface area (Å²) in [6, 6.07) is 4.09. The molecule has 1 aliphatic carbocycles. The molecular formula is C15H16BrN5O. The molecule has 2 heterocycles. The van der Waals surface area contributed by atoms with Crippen molar-refractivity contribution >= 4 is 39.8 Å². The van der Waals surface area contributed by atoms with Crippen molar-refractivity contribution in [2.45, 2.75) is 31.7 Å². The zero-order valence-electron chi connectivity index (χ0n) is 11.9. The number of aromatic nitrogens is 3. The molecule has 0 radical (unpaired) electrons. The van der Waals surface area contributed by atoms with Crippen LogP contribution in [-0.4, -0.2) is 27.3 Å². The first-order valence-corrected chi connectivity index (χ1v) is 8.01. The molecule has 0 saturated heterocycles. The molecule has 0 amide bonds. The Labute approximate surface area is 136 Å². The van der Waals surface area contributed by atoms with Crippen molar-refractivity contribution in [3.63, 3.8) is 0 Å². The van der Waals surface area contributed by atoms with Crippen LogP contribution in [0.2, 0.25) is 0 Å². The van der Waals surface area contributed by atoms with Gasteiger partial charge in [0.2, 0.25) is 5.95 Å². The van der Waals surface area contributed by atoms with E-state index in [2.05, 4.69) is 41.5 Å². The smallest absolute Gasteiger partial charge is 0.230 e. The summed E-state index contributed by atoms with van der Waals surface area (Å²) in [7, 11) is 0. The molecule has 3 rings (SSSR count). The summed E-state index contributed by atoms with van der Waals surface area (Å²) in [5, 5.41) is 6.38. The second-order valence-corrected chi connectivity index (χ2v) is 6.14. The second kappa shape index (κ2) is 6.83. The van der Waals surface area contributed by atoms with Gasteiger partial charge in [0.25, 0.3) is 0 Å². The van der Waals surface area contributed by atoms with Gasteiger partial charge in [-0.15, -0.1) is 0 Å². The van der Waals surface area contributed by atoms with Gasteiger partial charge in [-0.1, -0.05) is 12.8 Å². The van der Waals surface area contributed by atoms with Crippen molar-refractivity contribution in [3.05, 3.63) is 34.6 Å². The highest BCUT2D eigenvalue weighted by Gasteiger charge is 2.17. The number of pyridine rings is 1. The predicted molar refractivity (Wildman–Crippen MR) is 88.5 cm³/mol. The molecule has 0 atom stereocenters. The van der Waals surface area contributed by atoms with Crippen molar-refractivity contribution < 1.29 is 4.79 Å². The molecule has 114 valence electrons. The van der Waals surface area contributed by atoms with Crippen molar-refractivity contribution in [1.29, 1.82) is 0 Å². The first-order valence-electron chi connectivity index (χ1n) is 7.22. The van der Waals surface area contributed by atoms with Crippen molar-refractivity contribution in [3.8, 4) is 0 Å². The first kappa shape index (κ1) is 14.9. The summed E-state index contributed by atoms with van der Waals surface area (Å²) in [5.74, 6) is 1.64. The Morgan fingerprint density at radius 3 is 2.68 bits per heavy atom. The lowest BCUT2D eigenvalue weighted by Crippen LogP contribution is -2.17. The summed E-state index contributed by atoms with van der Waals surface area (Å²) >= 11 is 3.34. The molecule has 1 saturated carbocycles. The molecular weight excluding hydrogens is 346 g/mol. The summed E-state index contributed by atoms with van der Waals surface area (Å²) in [6.45, 7) is 0. The number of nitrogens with zero attached hydrogens (tertiary/aromatic N) is 3. The summed E-state index contributed by atoms with van der Waals surface area (Å²) < 4.78 is 0.902. The Kier molecular flexibility index (Phi) is 4.62. The Balaban J connectivity index is 1.79. The number of halogens is 1. The van der Waals surface area contributed by atoms with Gasteiger partial charge in [-0.25, -0.2) is 9.97 Å². The van der Waals surface area contributed by atoms with E-state index in [1.54, 1.807) is 6.20 Å². The molecule has 0 spiro atoms. The third-order valence-corrected chi connectivity index (χ3v) is 4.08. The minimum atomic E-state index is 0.382. The van der Waals surface area contributed by atoms with Gasteiger partial charge in [-0.2, -0.15) is 4.98 Å². The molecule has 2 aromatic heterocycles. The van der Waals surface area contributed by atoms with Gasteiger partial charge in [0, 0.05) is 22.9 Å². The maximum atomic E-state index is 11.2. The minimum Gasteiger partial charge on any atom is -0.367 e. The highest BCUT2D eigenvalue weighted by molar-refractivity contribution is 9.10. The van der Waals surface area contributed by atoms with Crippen LogP contribution < -0.4 is 10.6 Å². The number of hydrogen-bond acceptors (Lipinski definition) is 6. The quantitative estimate of drug-likeness (QED) is 0.792. The molecule has 7 heteroatoms. The van der Waals surface area contributed by atoms with Gasteiger partial charge in [-0.05, 0) is 40.9 Å². The number of anilines is 3. The fourth-order valence-electron chi connectivity index (χ4n) is 2.48. The lowest BCUT2D eigenvalue weighted by atomic mass is 10.2. The van der Waals surface area contributed by atoms with Crippen LogP contribution in [0.4, 0.5) is 17.6 Å². The Hall–Kier alpha value is -2.02. The Bertz CT molecular complexity index is 655. The maximum absolute atomic E-state index is 11.2. The van der Waals surface area contributed by atoms with Crippen LogP contribution >= 0.6 is 15.9 Å². The van der Waals surface area contributed by atoms with Crippen molar-refractivity contribution in [2.75, 3.05) is 10.6 Å². The number of nitrogens with one attached hydrogen (secondary N) is 2. The normalized spacial score (nSPS) is 14.8. The Morgan fingerprint density at radius 2 is 2.00 bits per heavy atom. The van der Waals surface area contributed by atoms with Gasteiger partial charge >= 0.3 is 0 Å². The zero-order chi connectivity index (χ0) is 15.4. The molecule has 0 bridgehead atoms. The van der Waals surface area contributed by atoms with Crippen LogP contribution in [0.1, 0.15) is 36.0 Å². The molecule has 1 aliphatic rings. The third kappa shape index (κ3) is 3.59. The molecule has 2 aromatic rings. The van der Waals surface area contributed by atoms with Gasteiger partial charge in [0.1, 0.15) is 11.6 Å². The number of rotatable bonds is 5. The average molecular weight is 362 g/mol. The van der Waals surface area contributed by atoms with Gasteiger partial charge in [0.15, 0.2) is 6.29 Å². The van der Waals surface area contributed by atoms with E-state index in [1.165, 1.54) is 19.0 Å². The van der Waals surface area contributed by atoms with E-state index in [1.807, 2.05) is 12.1 Å². The molecule has 0 unspecified atom stereocenters. The monoisotopic (exact) mass is 361 g/mol. The van der Waals surface area contributed by atoms with Crippen LogP contribution in [0.3, 0.4) is 0 Å². The number of carbonyl (C=O) groups is 1. The van der Waals surface area contributed by atoms with Crippen LogP contribution in [0.25, 0.3) is 0 Å². The average Bonchev–Trinajstić information content (AvgIpc) is 3.03. The fraction of sp³-hybridized carbons (Fsp3) is 0.333. The zero-order valence-corrected chi connectivity index (χ0v) is 13.5. The van der Waals surface area contributed by atoms with E-state index in [-0.39, 0.29) is 0 Å². The van der Waals surface area contributed by atoms with Crippen LogP contribution in [0, 0.1) is 0 Å². The molecule has 0 aliphatic heterocycles. The first-order chi connectivity index (χ1) is 10.7. The van der Waals surface area contributed by atoms with Crippen LogP contribution in [-0.2, 0) is 0 Å². The maximum Gasteiger partial charge on any atom is 0.230 e. The lowest BCUT2D eigenvalue weighted by molar-refractivity contribution is 0.112. The second-order valence-electron chi connectivity index (χ2n) is 5.23. The van der Waals surface area contributed by atoms with Gasteiger partial charge in [-0.3, -0.25) is 4.79 Å². The van der Waals surface area contributed by atoms with Crippen molar-refractivity contribution in [2.24, 2.45) is 0 Å². The number of carbonyl (C=O) groups excluding carboxylic acids is 1. The van der Waals surface area contributed by atoms with Gasteiger partial charge < -0.3 is 10.6 Å². The predicted octanol–water partition coefficient (Wildman–Crippen LogP) is 3.54. The molecule has 0 aromatic carbocycles. The highest BCUT2D eigenvalue weighted by Crippen LogP contribution is 2.23. The highest BCUT2D eigenvalue weighted by atomic mass is 79.9. The van der Waals surface area contributed by atoms with E-state index < -0.39 is 0 Å². The third-order valence-electron chi connectivity index (χ3n) is 3.61. The fourth-order valence-corrected chi connectivity index (χ4v) is 2.72. The largest absolute Gasteiger partial charge is 0.367 e. The summed E-state index contributed by atoms with van der Waals surface area (Å²) in [4.78, 5) is 23.9. The lowest BCUT2D eigenvalue weighted by Gasteiger charge is -2.15. The topological polar surface area (TPSA) is 79.8 Å². The number of hydrogen-bond donors (Lipinski definition) is 2. The van der Waals surface area contributed by atoms with Crippen LogP contribution in [0.5, 0.6) is 0 Å². The SMILES string of the molecule is O=Cc1cnc(Nc2ccc(Br)cn2)nc1NC1CCCC1. The van der Waals surface area contributed by atoms with Crippen LogP contribution in [0.15, 0.2) is 29.0 Å². The summed E-state index contributed by atoms with van der Waals surface area (Å²) in [5.41, 5.74) is 0.473. The van der Waals surface area contributed by atoms with E-state index in [4.69, 9.17) is 0 Å². The Morgan fingerprint density at radius 1 is 1.18 bits per heavy atom. The molecule has 2 N–H and O–H groups in total. The van der Waals surface area contributed by atoms with Gasteiger partial charge in [0.05, 0.1) is 5.56 Å². The number of aldehydes is 1. The molecule has 1 fully saturated rings. The van der Waals surface area contributed by atoms with E-state index in [0.29, 0.717) is 29.2 Å².